The second-order valence-corrected chi connectivity index (χ2v) is 5.55. The summed E-state index contributed by atoms with van der Waals surface area (Å²) in [6.07, 6.45) is 1.92. The Labute approximate surface area is 106 Å². The number of hydrogen-bond donors (Lipinski definition) is 1. The van der Waals surface area contributed by atoms with Gasteiger partial charge in [0, 0.05) is 35.5 Å². The molecule has 0 aliphatic carbocycles. The van der Waals surface area contributed by atoms with Gasteiger partial charge < -0.3 is 5.73 Å². The molecule has 0 unspecified atom stereocenters. The van der Waals surface area contributed by atoms with Gasteiger partial charge >= 0.3 is 0 Å². The molecule has 0 atom stereocenters. The van der Waals surface area contributed by atoms with Crippen LogP contribution in [0.3, 0.4) is 0 Å². The Hall–Kier alpha value is -1.84. The standard InChI is InChI=1S/C14H18FN3/c1-14(2,3)13-11(8-18(4)17-13)10-6-5-9(15)7-12(10)16/h5-8H,16H2,1-4H3. The van der Waals surface area contributed by atoms with Crippen molar-refractivity contribution in [1.82, 2.24) is 9.78 Å². The summed E-state index contributed by atoms with van der Waals surface area (Å²) in [5.74, 6) is -0.322. The van der Waals surface area contributed by atoms with E-state index in [1.54, 1.807) is 10.7 Å². The molecule has 2 N–H and O–H groups in total. The van der Waals surface area contributed by atoms with Crippen LogP contribution in [0.2, 0.25) is 0 Å². The van der Waals surface area contributed by atoms with E-state index in [1.807, 2.05) is 13.2 Å². The largest absolute Gasteiger partial charge is 0.398 e. The highest BCUT2D eigenvalue weighted by molar-refractivity contribution is 5.78. The number of rotatable bonds is 1. The maximum Gasteiger partial charge on any atom is 0.125 e. The fourth-order valence-electron chi connectivity index (χ4n) is 2.02. The first-order chi connectivity index (χ1) is 8.29. The molecule has 0 amide bonds. The van der Waals surface area contributed by atoms with E-state index in [9.17, 15) is 4.39 Å². The summed E-state index contributed by atoms with van der Waals surface area (Å²) in [6.45, 7) is 6.29. The van der Waals surface area contributed by atoms with Crippen LogP contribution in [0, 0.1) is 5.82 Å². The van der Waals surface area contributed by atoms with E-state index in [-0.39, 0.29) is 11.2 Å². The van der Waals surface area contributed by atoms with Crippen LogP contribution in [0.4, 0.5) is 10.1 Å². The molecule has 0 saturated carbocycles. The van der Waals surface area contributed by atoms with Crippen molar-refractivity contribution in [3.8, 4) is 11.1 Å². The highest BCUT2D eigenvalue weighted by atomic mass is 19.1. The Kier molecular flexibility index (Phi) is 2.89. The minimum absolute atomic E-state index is 0.0859. The van der Waals surface area contributed by atoms with Gasteiger partial charge in [-0.25, -0.2) is 4.39 Å². The molecule has 0 radical (unpaired) electrons. The fourth-order valence-corrected chi connectivity index (χ4v) is 2.02. The van der Waals surface area contributed by atoms with Crippen LogP contribution >= 0.6 is 0 Å². The minimum atomic E-state index is -0.322. The van der Waals surface area contributed by atoms with E-state index in [1.165, 1.54) is 12.1 Å². The number of aromatic nitrogens is 2. The molecule has 0 bridgehead atoms. The van der Waals surface area contributed by atoms with E-state index in [4.69, 9.17) is 5.73 Å². The van der Waals surface area contributed by atoms with Gasteiger partial charge in [-0.3, -0.25) is 4.68 Å². The third-order valence-electron chi connectivity index (χ3n) is 2.84. The van der Waals surface area contributed by atoms with Crippen LogP contribution in [-0.4, -0.2) is 9.78 Å². The van der Waals surface area contributed by atoms with E-state index >= 15 is 0 Å². The van der Waals surface area contributed by atoms with Gasteiger partial charge in [0.1, 0.15) is 5.82 Å². The van der Waals surface area contributed by atoms with Crippen LogP contribution in [-0.2, 0) is 12.5 Å². The Balaban J connectivity index is 2.64. The van der Waals surface area contributed by atoms with Crippen molar-refractivity contribution < 1.29 is 4.39 Å². The predicted molar refractivity (Wildman–Crippen MR) is 71.7 cm³/mol. The summed E-state index contributed by atoms with van der Waals surface area (Å²) in [5.41, 5.74) is 9.00. The van der Waals surface area contributed by atoms with Crippen LogP contribution in [0.1, 0.15) is 26.5 Å². The Morgan fingerprint density at radius 2 is 1.89 bits per heavy atom. The van der Waals surface area contributed by atoms with Gasteiger partial charge in [0.2, 0.25) is 0 Å². The number of nitrogen functional groups attached to an aromatic ring is 1. The maximum absolute atomic E-state index is 13.1. The Morgan fingerprint density at radius 1 is 1.22 bits per heavy atom. The highest BCUT2D eigenvalue weighted by Gasteiger charge is 2.23. The number of benzene rings is 1. The molecule has 0 aliphatic heterocycles. The topological polar surface area (TPSA) is 43.8 Å². The average Bonchev–Trinajstić information content (AvgIpc) is 2.59. The lowest BCUT2D eigenvalue weighted by atomic mass is 9.87. The summed E-state index contributed by atoms with van der Waals surface area (Å²) in [4.78, 5) is 0. The lowest BCUT2D eigenvalue weighted by molar-refractivity contribution is 0.554. The monoisotopic (exact) mass is 247 g/mol. The van der Waals surface area contributed by atoms with Crippen molar-refractivity contribution in [3.63, 3.8) is 0 Å². The number of nitrogens with zero attached hydrogens (tertiary/aromatic N) is 2. The molecule has 2 rings (SSSR count). The summed E-state index contributed by atoms with van der Waals surface area (Å²) < 4.78 is 14.9. The zero-order valence-electron chi connectivity index (χ0n) is 11.2. The van der Waals surface area contributed by atoms with E-state index in [2.05, 4.69) is 25.9 Å². The van der Waals surface area contributed by atoms with Crippen LogP contribution in [0.25, 0.3) is 11.1 Å². The zero-order valence-corrected chi connectivity index (χ0v) is 11.2. The fraction of sp³-hybridized carbons (Fsp3) is 0.357. The Morgan fingerprint density at radius 3 is 2.44 bits per heavy atom. The molecule has 2 aromatic rings. The minimum Gasteiger partial charge on any atom is -0.398 e. The lowest BCUT2D eigenvalue weighted by Gasteiger charge is -2.18. The second kappa shape index (κ2) is 4.12. The quantitative estimate of drug-likeness (QED) is 0.787. The van der Waals surface area contributed by atoms with Gasteiger partial charge in [-0.1, -0.05) is 20.8 Å². The molecule has 1 aromatic carbocycles. The van der Waals surface area contributed by atoms with Crippen molar-refractivity contribution in [2.24, 2.45) is 7.05 Å². The molecule has 18 heavy (non-hydrogen) atoms. The molecule has 1 heterocycles. The van der Waals surface area contributed by atoms with Crippen LogP contribution in [0.5, 0.6) is 0 Å². The summed E-state index contributed by atoms with van der Waals surface area (Å²) in [7, 11) is 1.87. The molecular weight excluding hydrogens is 229 g/mol. The first kappa shape index (κ1) is 12.6. The third-order valence-corrected chi connectivity index (χ3v) is 2.84. The smallest absolute Gasteiger partial charge is 0.125 e. The second-order valence-electron chi connectivity index (χ2n) is 5.55. The van der Waals surface area contributed by atoms with Crippen molar-refractivity contribution in [1.29, 1.82) is 0 Å². The molecule has 4 heteroatoms. The van der Waals surface area contributed by atoms with Gasteiger partial charge in [0.05, 0.1) is 5.69 Å². The first-order valence-corrected chi connectivity index (χ1v) is 5.88. The molecule has 0 saturated heterocycles. The zero-order chi connectivity index (χ0) is 13.5. The summed E-state index contributed by atoms with van der Waals surface area (Å²) in [6, 6.07) is 4.47. The predicted octanol–water partition coefficient (Wildman–Crippen LogP) is 3.11. The van der Waals surface area contributed by atoms with Gasteiger partial charge in [0.25, 0.3) is 0 Å². The van der Waals surface area contributed by atoms with E-state index in [0.717, 1.165) is 16.8 Å². The third kappa shape index (κ3) is 2.23. The van der Waals surface area contributed by atoms with Gasteiger partial charge in [-0.2, -0.15) is 5.10 Å². The van der Waals surface area contributed by atoms with Crippen molar-refractivity contribution in [2.75, 3.05) is 5.73 Å². The summed E-state index contributed by atoms with van der Waals surface area (Å²) >= 11 is 0. The number of nitrogens with two attached hydrogens (primary N) is 1. The van der Waals surface area contributed by atoms with Crippen LogP contribution < -0.4 is 5.73 Å². The van der Waals surface area contributed by atoms with Crippen LogP contribution in [0.15, 0.2) is 24.4 Å². The number of anilines is 1. The SMILES string of the molecule is Cn1cc(-c2ccc(F)cc2N)c(C(C)(C)C)n1. The van der Waals surface area contributed by atoms with Gasteiger partial charge in [-0.15, -0.1) is 0 Å². The molecule has 0 aliphatic rings. The van der Waals surface area contributed by atoms with Crippen molar-refractivity contribution >= 4 is 5.69 Å². The Bertz CT molecular complexity index is 579. The lowest BCUT2D eigenvalue weighted by Crippen LogP contribution is -2.14. The molecular formula is C14H18FN3. The number of halogens is 1. The van der Waals surface area contributed by atoms with Crippen molar-refractivity contribution in [3.05, 3.63) is 35.9 Å². The van der Waals surface area contributed by atoms with Crippen molar-refractivity contribution in [2.45, 2.75) is 26.2 Å². The van der Waals surface area contributed by atoms with E-state index in [0.29, 0.717) is 5.69 Å². The van der Waals surface area contributed by atoms with Gasteiger partial charge in [0.15, 0.2) is 0 Å². The molecule has 0 fully saturated rings. The highest BCUT2D eigenvalue weighted by Crippen LogP contribution is 2.34. The van der Waals surface area contributed by atoms with Gasteiger partial charge in [-0.05, 0) is 18.2 Å². The normalized spacial score (nSPS) is 11.8. The number of hydrogen-bond acceptors (Lipinski definition) is 2. The molecule has 3 nitrogen and oxygen atoms in total. The maximum atomic E-state index is 13.1. The first-order valence-electron chi connectivity index (χ1n) is 5.88. The summed E-state index contributed by atoms with van der Waals surface area (Å²) in [5, 5.41) is 4.49. The average molecular weight is 247 g/mol. The molecule has 96 valence electrons. The molecule has 0 spiro atoms. The number of aryl methyl sites for hydroxylation is 1. The molecule has 1 aromatic heterocycles. The van der Waals surface area contributed by atoms with E-state index < -0.39 is 0 Å².